The molecular weight excluding hydrogens is 436 g/mol. The van der Waals surface area contributed by atoms with Crippen LogP contribution in [-0.4, -0.2) is 47.1 Å². The number of anilines is 1. The predicted octanol–water partition coefficient (Wildman–Crippen LogP) is 4.88. The van der Waals surface area contributed by atoms with Crippen LogP contribution < -0.4 is 5.32 Å². The Morgan fingerprint density at radius 1 is 1.09 bits per heavy atom. The summed E-state index contributed by atoms with van der Waals surface area (Å²) in [6, 6.07) is 18.3. The van der Waals surface area contributed by atoms with Crippen molar-refractivity contribution in [3.63, 3.8) is 0 Å². The standard InChI is InChI=1S/C29H30N4O2/c1-21-5-6-25(16-28(21)32-17-22-7-10-30-11-8-22)29(34)33-13-14-35-20-23(19-33)15-24-3-2-4-26-18-31-12-9-27(24)26/h2-12,16,18,23,32H,13-15,17,19-20H2,1H3. The Bertz CT molecular complexity index is 1300. The van der Waals surface area contributed by atoms with Crippen molar-refractivity contribution in [1.82, 2.24) is 14.9 Å². The molecule has 2 aromatic heterocycles. The number of aromatic nitrogens is 2. The van der Waals surface area contributed by atoms with Crippen LogP contribution in [0.4, 0.5) is 5.69 Å². The third kappa shape index (κ3) is 5.49. The van der Waals surface area contributed by atoms with E-state index in [4.69, 9.17) is 4.74 Å². The molecule has 1 unspecified atom stereocenters. The van der Waals surface area contributed by atoms with Gasteiger partial charge in [-0.25, -0.2) is 0 Å². The highest BCUT2D eigenvalue weighted by atomic mass is 16.5. The molecule has 1 saturated heterocycles. The van der Waals surface area contributed by atoms with Crippen molar-refractivity contribution >= 4 is 22.4 Å². The van der Waals surface area contributed by atoms with E-state index in [-0.39, 0.29) is 11.8 Å². The molecule has 1 aliphatic rings. The fraction of sp³-hybridized carbons (Fsp3) is 0.276. The summed E-state index contributed by atoms with van der Waals surface area (Å²) in [6.07, 6.45) is 8.17. The second kappa shape index (κ2) is 10.7. The first-order valence-electron chi connectivity index (χ1n) is 12.1. The monoisotopic (exact) mass is 466 g/mol. The largest absolute Gasteiger partial charge is 0.381 e. The molecule has 0 bridgehead atoms. The zero-order valence-electron chi connectivity index (χ0n) is 20.0. The molecule has 0 saturated carbocycles. The van der Waals surface area contributed by atoms with Gasteiger partial charge >= 0.3 is 0 Å². The quantitative estimate of drug-likeness (QED) is 0.439. The molecule has 1 atom stereocenters. The molecular formula is C29H30N4O2. The first kappa shape index (κ1) is 23.0. The molecule has 1 fully saturated rings. The minimum atomic E-state index is 0.0505. The number of carbonyl (C=O) groups excluding carboxylic acids is 1. The van der Waals surface area contributed by atoms with Crippen molar-refractivity contribution < 1.29 is 9.53 Å². The van der Waals surface area contributed by atoms with Crippen molar-refractivity contribution in [1.29, 1.82) is 0 Å². The number of rotatable bonds is 6. The van der Waals surface area contributed by atoms with E-state index >= 15 is 0 Å². The van der Waals surface area contributed by atoms with Crippen molar-refractivity contribution in [3.05, 3.63) is 102 Å². The van der Waals surface area contributed by atoms with Crippen LogP contribution in [0.25, 0.3) is 10.8 Å². The smallest absolute Gasteiger partial charge is 0.254 e. The lowest BCUT2D eigenvalue weighted by Crippen LogP contribution is -2.36. The average molecular weight is 467 g/mol. The summed E-state index contributed by atoms with van der Waals surface area (Å²) in [5.74, 6) is 0.282. The van der Waals surface area contributed by atoms with E-state index in [1.807, 2.05) is 47.6 Å². The number of aryl methyl sites for hydroxylation is 1. The van der Waals surface area contributed by atoms with Gasteiger partial charge in [-0.15, -0.1) is 0 Å². The summed E-state index contributed by atoms with van der Waals surface area (Å²) in [5.41, 5.74) is 5.20. The van der Waals surface area contributed by atoms with Gasteiger partial charge in [0.25, 0.3) is 5.91 Å². The maximum atomic E-state index is 13.5. The lowest BCUT2D eigenvalue weighted by atomic mass is 9.95. The van der Waals surface area contributed by atoms with Crippen LogP contribution in [0, 0.1) is 12.8 Å². The van der Waals surface area contributed by atoms with Gasteiger partial charge in [0.15, 0.2) is 0 Å². The van der Waals surface area contributed by atoms with Gasteiger partial charge in [-0.05, 0) is 65.8 Å². The normalized spacial score (nSPS) is 16.1. The number of pyridine rings is 2. The van der Waals surface area contributed by atoms with E-state index in [1.54, 1.807) is 12.4 Å². The number of benzene rings is 2. The zero-order chi connectivity index (χ0) is 24.0. The predicted molar refractivity (Wildman–Crippen MR) is 138 cm³/mol. The van der Waals surface area contributed by atoms with Gasteiger partial charge < -0.3 is 15.0 Å². The molecule has 6 heteroatoms. The molecule has 5 rings (SSSR count). The van der Waals surface area contributed by atoms with E-state index < -0.39 is 0 Å². The molecule has 0 aliphatic carbocycles. The number of carbonyl (C=O) groups is 1. The summed E-state index contributed by atoms with van der Waals surface area (Å²) in [6.45, 7) is 5.22. The summed E-state index contributed by atoms with van der Waals surface area (Å²) in [5, 5.41) is 5.82. The molecule has 6 nitrogen and oxygen atoms in total. The Labute approximate surface area is 206 Å². The average Bonchev–Trinajstić information content (AvgIpc) is 3.14. The van der Waals surface area contributed by atoms with E-state index in [0.717, 1.165) is 28.6 Å². The molecule has 0 spiro atoms. The zero-order valence-corrected chi connectivity index (χ0v) is 20.0. The minimum absolute atomic E-state index is 0.0505. The highest BCUT2D eigenvalue weighted by Crippen LogP contribution is 2.24. The Kier molecular flexibility index (Phi) is 7.00. The first-order valence-corrected chi connectivity index (χ1v) is 12.1. The molecule has 1 N–H and O–H groups in total. The number of hydrogen-bond acceptors (Lipinski definition) is 5. The number of fused-ring (bicyclic) bond motifs is 1. The third-order valence-electron chi connectivity index (χ3n) is 6.62. The van der Waals surface area contributed by atoms with Gasteiger partial charge in [-0.1, -0.05) is 24.3 Å². The lowest BCUT2D eigenvalue weighted by Gasteiger charge is -2.24. The SMILES string of the molecule is Cc1ccc(C(=O)N2CCOCC(Cc3cccc4cnccc34)C2)cc1NCc1ccncc1. The van der Waals surface area contributed by atoms with Gasteiger partial charge in [-0.2, -0.15) is 0 Å². The molecule has 1 amide bonds. The number of ether oxygens (including phenoxy) is 1. The molecule has 4 aromatic rings. The van der Waals surface area contributed by atoms with Crippen LogP contribution in [-0.2, 0) is 17.7 Å². The highest BCUT2D eigenvalue weighted by Gasteiger charge is 2.24. The van der Waals surface area contributed by atoms with Crippen LogP contribution in [0.15, 0.2) is 79.4 Å². The van der Waals surface area contributed by atoms with Crippen LogP contribution >= 0.6 is 0 Å². The molecule has 1 aliphatic heterocycles. The maximum Gasteiger partial charge on any atom is 0.254 e. The lowest BCUT2D eigenvalue weighted by molar-refractivity contribution is 0.0737. The first-order chi connectivity index (χ1) is 17.2. The van der Waals surface area contributed by atoms with E-state index in [2.05, 4.69) is 46.5 Å². The van der Waals surface area contributed by atoms with Gasteiger partial charge in [0.05, 0.1) is 13.2 Å². The molecule has 178 valence electrons. The molecule has 35 heavy (non-hydrogen) atoms. The molecule has 3 heterocycles. The van der Waals surface area contributed by atoms with Gasteiger partial charge in [0, 0.05) is 67.0 Å². The van der Waals surface area contributed by atoms with E-state index in [0.29, 0.717) is 38.4 Å². The maximum absolute atomic E-state index is 13.5. The Morgan fingerprint density at radius 2 is 1.94 bits per heavy atom. The Hall–Kier alpha value is -3.77. The minimum Gasteiger partial charge on any atom is -0.381 e. The fourth-order valence-corrected chi connectivity index (χ4v) is 4.69. The third-order valence-corrected chi connectivity index (χ3v) is 6.62. The Morgan fingerprint density at radius 3 is 2.83 bits per heavy atom. The van der Waals surface area contributed by atoms with Crippen LogP contribution in [0.1, 0.15) is 27.0 Å². The van der Waals surface area contributed by atoms with E-state index in [1.165, 1.54) is 10.9 Å². The van der Waals surface area contributed by atoms with Gasteiger partial charge in [0.2, 0.25) is 0 Å². The van der Waals surface area contributed by atoms with Crippen molar-refractivity contribution in [2.75, 3.05) is 31.6 Å². The molecule has 0 radical (unpaired) electrons. The number of nitrogens with zero attached hydrogens (tertiary/aromatic N) is 3. The van der Waals surface area contributed by atoms with Crippen LogP contribution in [0.3, 0.4) is 0 Å². The summed E-state index contributed by atoms with van der Waals surface area (Å²) in [4.78, 5) is 23.8. The van der Waals surface area contributed by atoms with Gasteiger partial charge in [0.1, 0.15) is 0 Å². The van der Waals surface area contributed by atoms with Crippen molar-refractivity contribution in [2.45, 2.75) is 19.9 Å². The second-order valence-corrected chi connectivity index (χ2v) is 9.15. The number of nitrogens with one attached hydrogen (secondary N) is 1. The highest BCUT2D eigenvalue weighted by molar-refractivity contribution is 5.95. The number of amides is 1. The second-order valence-electron chi connectivity index (χ2n) is 9.15. The summed E-state index contributed by atoms with van der Waals surface area (Å²) < 4.78 is 5.91. The molecule has 2 aromatic carbocycles. The number of hydrogen-bond donors (Lipinski definition) is 1. The summed E-state index contributed by atoms with van der Waals surface area (Å²) >= 11 is 0. The summed E-state index contributed by atoms with van der Waals surface area (Å²) in [7, 11) is 0. The van der Waals surface area contributed by atoms with Crippen LogP contribution in [0.5, 0.6) is 0 Å². The van der Waals surface area contributed by atoms with Crippen molar-refractivity contribution in [3.8, 4) is 0 Å². The van der Waals surface area contributed by atoms with E-state index in [9.17, 15) is 4.79 Å². The van der Waals surface area contributed by atoms with Crippen LogP contribution in [0.2, 0.25) is 0 Å². The fourth-order valence-electron chi connectivity index (χ4n) is 4.69. The van der Waals surface area contributed by atoms with Gasteiger partial charge in [-0.3, -0.25) is 14.8 Å². The topological polar surface area (TPSA) is 67.4 Å². The van der Waals surface area contributed by atoms with Crippen molar-refractivity contribution in [2.24, 2.45) is 5.92 Å². The Balaban J connectivity index is 1.30.